The number of hydrogen-bond donors (Lipinski definition) is 4. The third-order valence-corrected chi connectivity index (χ3v) is 29.3. The number of aromatic nitrogens is 8. The fourth-order valence-electron chi connectivity index (χ4n) is 19.3. The third-order valence-electron chi connectivity index (χ3n) is 26.5. The number of amides is 4. The molecule has 32 heteroatoms. The van der Waals surface area contributed by atoms with Crippen LogP contribution in [-0.2, 0) is 57.6 Å². The Balaban J connectivity index is 0.000000157. The van der Waals surface area contributed by atoms with Gasteiger partial charge in [-0.3, -0.25) is 43.3 Å². The molecule has 4 N–H and O–H groups in total. The Morgan fingerprint density at radius 3 is 0.943 bits per heavy atom. The number of benzene rings is 4. The maximum absolute atomic E-state index is 13.8. The van der Waals surface area contributed by atoms with Gasteiger partial charge in [0.05, 0.1) is 120 Å². The zero-order chi connectivity index (χ0) is 101. The number of oxazole rings is 1. The molecule has 0 spiro atoms. The number of carbonyl (C=O) groups excluding carboxylic acids is 8. The molecule has 0 unspecified atom stereocenters. The van der Waals surface area contributed by atoms with Crippen molar-refractivity contribution in [3.63, 3.8) is 0 Å². The molecular weight excluding hydrogens is 1830 g/mol. The highest BCUT2D eigenvalue weighted by Gasteiger charge is 2.51. The molecule has 4 saturated heterocycles. The Morgan fingerprint density at radius 1 is 0.379 bits per heavy atom. The van der Waals surface area contributed by atoms with Gasteiger partial charge in [-0.2, -0.15) is 0 Å². The van der Waals surface area contributed by atoms with E-state index in [4.69, 9.17) is 22.5 Å². The fraction of sp³-hybridized carbons (Fsp3) is 0.481. The summed E-state index contributed by atoms with van der Waals surface area (Å²) in [5.41, 5.74) is 17.8. The normalized spacial score (nSPS) is 19.4. The van der Waals surface area contributed by atoms with Gasteiger partial charge in [0.15, 0.2) is 35.3 Å². The summed E-state index contributed by atoms with van der Waals surface area (Å²) >= 11 is 4.81. The first-order valence-corrected chi connectivity index (χ1v) is 50.6. The van der Waals surface area contributed by atoms with E-state index in [1.807, 2.05) is 216 Å². The van der Waals surface area contributed by atoms with E-state index in [-0.39, 0.29) is 111 Å². The van der Waals surface area contributed by atoms with Crippen molar-refractivity contribution in [3.8, 4) is 42.6 Å². The van der Waals surface area contributed by atoms with Crippen molar-refractivity contribution in [1.82, 2.24) is 60.2 Å². The summed E-state index contributed by atoms with van der Waals surface area (Å²) in [5, 5.41) is 57.3. The van der Waals surface area contributed by atoms with Gasteiger partial charge in [-0.05, 0) is 134 Å². The van der Waals surface area contributed by atoms with Crippen molar-refractivity contribution in [2.24, 2.45) is 21.7 Å². The zero-order valence-corrected chi connectivity index (χ0v) is 86.2. The summed E-state index contributed by atoms with van der Waals surface area (Å²) in [6, 6.07) is 36.9. The predicted molar refractivity (Wildman–Crippen MR) is 535 cm³/mol. The highest BCUT2D eigenvalue weighted by atomic mass is 32.1. The number of carbonyl (C=O) groups is 8. The van der Waals surface area contributed by atoms with Gasteiger partial charge in [-0.15, -0.1) is 34.0 Å². The second-order valence-corrected chi connectivity index (χ2v) is 44.7. The Bertz CT molecular complexity index is 6050. The first-order chi connectivity index (χ1) is 66.2. The Labute approximate surface area is 830 Å². The molecule has 29 nitrogen and oxygen atoms in total. The molecule has 0 saturated carbocycles. The van der Waals surface area contributed by atoms with Gasteiger partial charge in [0.1, 0.15) is 46.7 Å². The van der Waals surface area contributed by atoms with E-state index < -0.39 is 93.9 Å². The molecule has 13 atom stereocenters. The minimum atomic E-state index is -0.727. The monoisotopic (exact) mass is 1960 g/mol. The van der Waals surface area contributed by atoms with Crippen LogP contribution in [0.25, 0.3) is 42.6 Å². The van der Waals surface area contributed by atoms with E-state index >= 15 is 0 Å². The first kappa shape index (κ1) is 106. The number of Topliss-reactive ketones (excluding diaryl/α,β-unsaturated/α-hetero) is 4. The van der Waals surface area contributed by atoms with E-state index in [0.717, 1.165) is 82.0 Å². The molecule has 12 heterocycles. The number of aliphatic hydroxyl groups is 4. The van der Waals surface area contributed by atoms with Crippen molar-refractivity contribution in [2.45, 2.75) is 287 Å². The van der Waals surface area contributed by atoms with Crippen LogP contribution in [-0.4, -0.2) is 202 Å². The van der Waals surface area contributed by atoms with Crippen LogP contribution in [0.4, 0.5) is 0 Å². The third kappa shape index (κ3) is 25.9. The number of ketones is 4. The van der Waals surface area contributed by atoms with Gasteiger partial charge in [0.25, 0.3) is 0 Å². The Hall–Kier alpha value is -11.8. The zero-order valence-electron chi connectivity index (χ0n) is 83.7. The average molecular weight is 1970 g/mol. The standard InChI is InChI=1S/C28H35N3O4S.C27H33N3O5.C27H33N3O4S.C26H31N3O4S/c1-16(19-7-9-20(10-8-19)26-18(3)29-15-36-26)11-23(33)22-13-21(32)14-31(22)27(34)25(28(4,5)6)24-12-17(2)30-35-24;1-16-12-23(35-29-16)24(27(3,4)5)26(33)30-14-20(31)13-21(30)22(32)11-8-18-6-9-19(10-7-18)25-17(2)28-15-34-25;1-16-12-23(34-29-16)24(27(3,4)5)26(33)30-14-20(31)13-21(30)22(32)11-8-18-6-9-19(10-7-18)25-17(2)28-15-35-25;1-16-11-22(33-28-16)24(26(2,3)4)25(32)29-14-19(30)12-20(29)21(31)10-7-17-5-8-18(9-6-17)23-13-27-15-34-23/h7-10,12,15-16,21-22,25,32H,11,13-14H2,1-6H3;2*6-7,9-10,12,15,20-21,24,31H,8,11,13-14H2,1-5H3;5-6,8-9,11,13,15,19-20,24,30H,7,10,12,14H2,1-4H3/t16-,21-,22+,25-;2*20-,21+,24-;19-,20+,24-/m1111/s1. The molecule has 16 rings (SSSR count). The summed E-state index contributed by atoms with van der Waals surface area (Å²) in [6.07, 6.45) is 4.32. The Kier molecular flexibility index (Phi) is 33.9. The van der Waals surface area contributed by atoms with Crippen LogP contribution in [0.3, 0.4) is 0 Å². The molecule has 4 fully saturated rings. The number of hydrogen-bond acceptors (Lipinski definition) is 28. The van der Waals surface area contributed by atoms with Gasteiger partial charge in [0.2, 0.25) is 23.6 Å². The number of rotatable bonds is 28. The number of nitrogens with zero attached hydrogens (tertiary/aromatic N) is 12. The largest absolute Gasteiger partial charge is 0.443 e. The summed E-state index contributed by atoms with van der Waals surface area (Å²) in [6.45, 7) is 39.3. The predicted octanol–water partition coefficient (Wildman–Crippen LogP) is 18.6. The summed E-state index contributed by atoms with van der Waals surface area (Å²) < 4.78 is 27.3. The van der Waals surface area contributed by atoms with Crippen LogP contribution < -0.4 is 0 Å². The molecule has 0 aliphatic carbocycles. The highest BCUT2D eigenvalue weighted by Crippen LogP contribution is 2.45. The highest BCUT2D eigenvalue weighted by molar-refractivity contribution is 7.14. The van der Waals surface area contributed by atoms with E-state index in [2.05, 4.69) is 77.0 Å². The van der Waals surface area contributed by atoms with Crippen LogP contribution in [0, 0.1) is 70.1 Å². The van der Waals surface area contributed by atoms with Crippen molar-refractivity contribution in [2.75, 3.05) is 26.2 Å². The van der Waals surface area contributed by atoms with E-state index in [0.29, 0.717) is 84.3 Å². The molecule has 0 radical (unpaired) electrons. The van der Waals surface area contributed by atoms with E-state index in [9.17, 15) is 58.8 Å². The van der Waals surface area contributed by atoms with Crippen molar-refractivity contribution in [1.29, 1.82) is 0 Å². The Morgan fingerprint density at radius 2 is 0.679 bits per heavy atom. The van der Waals surface area contributed by atoms with Crippen LogP contribution in [0.15, 0.2) is 173 Å². The minimum absolute atomic E-state index is 0.0147. The van der Waals surface area contributed by atoms with Crippen molar-refractivity contribution in [3.05, 3.63) is 236 Å². The lowest BCUT2D eigenvalue weighted by Crippen LogP contribution is -2.46. The van der Waals surface area contributed by atoms with Crippen LogP contribution in [0.1, 0.15) is 256 Å². The number of β-amino-alcohol motifs (C(OH)–C–C–N with tert-alkyl or cyclic N) is 4. The lowest BCUT2D eigenvalue weighted by atomic mass is 9.78. The van der Waals surface area contributed by atoms with Crippen LogP contribution >= 0.6 is 34.0 Å². The van der Waals surface area contributed by atoms with E-state index in [1.165, 1.54) is 11.3 Å². The molecule has 4 amide bonds. The van der Waals surface area contributed by atoms with Gasteiger partial charge in [-0.1, -0.05) is 208 Å². The summed E-state index contributed by atoms with van der Waals surface area (Å²) in [5.74, 6) is -0.669. The number of aryl methyl sites for hydroxylation is 10. The second-order valence-electron chi connectivity index (χ2n) is 42.1. The summed E-state index contributed by atoms with van der Waals surface area (Å²) in [4.78, 5) is 134. The van der Waals surface area contributed by atoms with Crippen LogP contribution in [0.2, 0.25) is 0 Å². The minimum Gasteiger partial charge on any atom is -0.443 e. The molecule has 4 aliphatic heterocycles. The number of likely N-dealkylation sites (tertiary alicyclic amines) is 4. The molecule has 4 aliphatic rings. The average Bonchev–Trinajstić information content (AvgIpc) is 1.61. The van der Waals surface area contributed by atoms with Gasteiger partial charge < -0.3 is 62.5 Å². The fourth-order valence-corrected chi connectivity index (χ4v) is 21.5. The smallest absolute Gasteiger partial charge is 0.234 e. The molecule has 140 heavy (non-hydrogen) atoms. The molecule has 744 valence electrons. The number of thiazole rings is 3. The van der Waals surface area contributed by atoms with Crippen molar-refractivity contribution >= 4 is 80.8 Å². The number of aliphatic hydroxyl groups excluding tert-OH is 4. The van der Waals surface area contributed by atoms with Crippen LogP contribution in [0.5, 0.6) is 0 Å². The summed E-state index contributed by atoms with van der Waals surface area (Å²) in [7, 11) is 0. The molecular formula is C108H132N12O17S3. The first-order valence-electron chi connectivity index (χ1n) is 47.9. The van der Waals surface area contributed by atoms with Gasteiger partial charge in [0, 0.05) is 114 Å². The maximum atomic E-state index is 13.8. The topological polar surface area (TPSA) is 399 Å². The van der Waals surface area contributed by atoms with Gasteiger partial charge in [-0.25, -0.2) is 15.0 Å². The van der Waals surface area contributed by atoms with E-state index in [1.54, 1.807) is 78.5 Å². The molecule has 0 bridgehead atoms. The SMILES string of the molecule is Cc1cc([C@H](C(=O)N2C[C@H](O)C[C@H]2C(=O)CCc2ccc(-c3cncs3)cc2)C(C)(C)C)on1.Cc1cc([C@H](C(=O)N2C[C@H](O)C[C@H]2C(=O)CCc2ccc(-c3ocnc3C)cc2)C(C)(C)C)on1.Cc1cc([C@H](C(=O)N2C[C@H](O)C[C@H]2C(=O)CCc2ccc(-c3scnc3C)cc2)C(C)(C)C)on1.Cc1cc([C@H](C(=O)N2C[C@H](O)C[C@H]2C(=O)C[C@@H](C)c2ccc(-c3scnc3C)cc2)C(C)(C)C)on1. The lowest BCUT2D eigenvalue weighted by molar-refractivity contribution is -0.141. The lowest BCUT2D eigenvalue weighted by Gasteiger charge is -2.33. The quantitative estimate of drug-likeness (QED) is 0.0354. The maximum Gasteiger partial charge on any atom is 0.234 e. The molecule has 4 aromatic carbocycles. The molecule has 8 aromatic heterocycles. The molecule has 12 aromatic rings. The second kappa shape index (κ2) is 45.0. The van der Waals surface area contributed by atoms with Gasteiger partial charge >= 0.3 is 0 Å². The van der Waals surface area contributed by atoms with Crippen molar-refractivity contribution < 1.29 is 81.3 Å².